The Balaban J connectivity index is 1.75. The molecule has 0 spiro atoms. The van der Waals surface area contributed by atoms with Crippen LogP contribution in [0.15, 0.2) is 18.2 Å². The molecule has 1 unspecified atom stereocenters. The number of benzene rings is 1. The molecule has 2 aliphatic rings. The molecule has 1 amide bonds. The molecule has 0 radical (unpaired) electrons. The minimum Gasteiger partial charge on any atom is -0.482 e. The number of likely N-dealkylation sites (N-methyl/N-ethyl adjacent to an activating group) is 1. The SMILES string of the molecule is CCN1C(=O)COc2ccc(CC(C)N3CCNCC3)cc21. The quantitative estimate of drug-likeness (QED) is 0.910. The molecule has 22 heavy (non-hydrogen) atoms. The molecule has 3 rings (SSSR count). The first-order valence-corrected chi connectivity index (χ1v) is 8.20. The van der Waals surface area contributed by atoms with E-state index in [0.29, 0.717) is 12.6 Å². The molecular weight excluding hydrogens is 278 g/mol. The van der Waals surface area contributed by atoms with Crippen molar-refractivity contribution in [3.63, 3.8) is 0 Å². The van der Waals surface area contributed by atoms with Crippen molar-refractivity contribution in [2.24, 2.45) is 0 Å². The van der Waals surface area contributed by atoms with Crippen molar-refractivity contribution in [3.8, 4) is 5.75 Å². The Kier molecular flexibility index (Phi) is 4.64. The van der Waals surface area contributed by atoms with Crippen LogP contribution in [0, 0.1) is 0 Å². The second-order valence-corrected chi connectivity index (χ2v) is 6.07. The van der Waals surface area contributed by atoms with Crippen LogP contribution in [-0.2, 0) is 11.2 Å². The van der Waals surface area contributed by atoms with E-state index in [1.807, 2.05) is 17.9 Å². The average molecular weight is 303 g/mol. The van der Waals surface area contributed by atoms with Gasteiger partial charge in [0, 0.05) is 38.8 Å². The van der Waals surface area contributed by atoms with Crippen LogP contribution in [0.5, 0.6) is 5.75 Å². The molecule has 1 aromatic carbocycles. The zero-order valence-electron chi connectivity index (χ0n) is 13.5. The number of ether oxygens (including phenoxy) is 1. The summed E-state index contributed by atoms with van der Waals surface area (Å²) in [6.07, 6.45) is 0.999. The van der Waals surface area contributed by atoms with E-state index >= 15 is 0 Å². The van der Waals surface area contributed by atoms with Gasteiger partial charge in [-0.25, -0.2) is 0 Å². The zero-order valence-corrected chi connectivity index (χ0v) is 13.5. The Hall–Kier alpha value is -1.59. The zero-order chi connectivity index (χ0) is 15.5. The number of piperazine rings is 1. The van der Waals surface area contributed by atoms with Crippen molar-refractivity contribution in [1.82, 2.24) is 10.2 Å². The van der Waals surface area contributed by atoms with Crippen LogP contribution in [-0.4, -0.2) is 56.2 Å². The third kappa shape index (κ3) is 3.10. The lowest BCUT2D eigenvalue weighted by Gasteiger charge is -2.33. The molecule has 120 valence electrons. The van der Waals surface area contributed by atoms with Crippen LogP contribution in [0.25, 0.3) is 0 Å². The van der Waals surface area contributed by atoms with Gasteiger partial charge in [0.2, 0.25) is 0 Å². The number of fused-ring (bicyclic) bond motifs is 1. The van der Waals surface area contributed by atoms with Gasteiger partial charge < -0.3 is 15.0 Å². The van der Waals surface area contributed by atoms with Crippen LogP contribution < -0.4 is 15.0 Å². The van der Waals surface area contributed by atoms with Crippen molar-refractivity contribution in [1.29, 1.82) is 0 Å². The van der Waals surface area contributed by atoms with Crippen molar-refractivity contribution in [3.05, 3.63) is 23.8 Å². The van der Waals surface area contributed by atoms with Crippen molar-refractivity contribution >= 4 is 11.6 Å². The highest BCUT2D eigenvalue weighted by Gasteiger charge is 2.25. The fourth-order valence-electron chi connectivity index (χ4n) is 3.31. The van der Waals surface area contributed by atoms with E-state index in [9.17, 15) is 4.79 Å². The van der Waals surface area contributed by atoms with E-state index in [-0.39, 0.29) is 12.5 Å². The van der Waals surface area contributed by atoms with Gasteiger partial charge in [0.1, 0.15) is 5.75 Å². The highest BCUT2D eigenvalue weighted by Crippen LogP contribution is 2.33. The number of nitrogens with one attached hydrogen (secondary N) is 1. The molecule has 5 heteroatoms. The molecule has 0 saturated carbocycles. The first-order chi connectivity index (χ1) is 10.7. The van der Waals surface area contributed by atoms with Crippen LogP contribution >= 0.6 is 0 Å². The monoisotopic (exact) mass is 303 g/mol. The summed E-state index contributed by atoms with van der Waals surface area (Å²) in [5, 5.41) is 3.39. The summed E-state index contributed by atoms with van der Waals surface area (Å²) < 4.78 is 5.53. The van der Waals surface area contributed by atoms with Crippen molar-refractivity contribution in [2.75, 3.05) is 44.2 Å². The van der Waals surface area contributed by atoms with Gasteiger partial charge >= 0.3 is 0 Å². The Bertz CT molecular complexity index is 541. The predicted molar refractivity (Wildman–Crippen MR) is 87.6 cm³/mol. The lowest BCUT2D eigenvalue weighted by molar-refractivity contribution is -0.121. The molecule has 1 N–H and O–H groups in total. The van der Waals surface area contributed by atoms with E-state index in [0.717, 1.165) is 44.0 Å². The number of carbonyl (C=O) groups excluding carboxylic acids is 1. The lowest BCUT2D eigenvalue weighted by atomic mass is 10.0. The molecule has 2 aliphatic heterocycles. The minimum absolute atomic E-state index is 0.0438. The fourth-order valence-corrected chi connectivity index (χ4v) is 3.31. The Morgan fingerprint density at radius 3 is 2.82 bits per heavy atom. The van der Waals surface area contributed by atoms with Gasteiger partial charge in [0.05, 0.1) is 5.69 Å². The Labute approximate surface area is 132 Å². The van der Waals surface area contributed by atoms with Gasteiger partial charge in [-0.15, -0.1) is 0 Å². The van der Waals surface area contributed by atoms with Crippen LogP contribution in [0.2, 0.25) is 0 Å². The summed E-state index contributed by atoms with van der Waals surface area (Å²) >= 11 is 0. The molecule has 1 fully saturated rings. The maximum atomic E-state index is 12.0. The number of anilines is 1. The van der Waals surface area contributed by atoms with Crippen LogP contribution in [0.3, 0.4) is 0 Å². The van der Waals surface area contributed by atoms with Crippen LogP contribution in [0.1, 0.15) is 19.4 Å². The second kappa shape index (κ2) is 6.67. The van der Waals surface area contributed by atoms with Gasteiger partial charge in [0.15, 0.2) is 6.61 Å². The van der Waals surface area contributed by atoms with Gasteiger partial charge in [0.25, 0.3) is 5.91 Å². The van der Waals surface area contributed by atoms with E-state index in [4.69, 9.17) is 4.74 Å². The predicted octanol–water partition coefficient (Wildman–Crippen LogP) is 1.27. The van der Waals surface area contributed by atoms with E-state index in [1.165, 1.54) is 5.56 Å². The number of carbonyl (C=O) groups is 1. The average Bonchev–Trinajstić information content (AvgIpc) is 2.55. The number of hydrogen-bond acceptors (Lipinski definition) is 4. The van der Waals surface area contributed by atoms with Gasteiger partial charge in [-0.05, 0) is 38.0 Å². The third-order valence-corrected chi connectivity index (χ3v) is 4.59. The molecular formula is C17H25N3O2. The largest absolute Gasteiger partial charge is 0.482 e. The molecule has 2 heterocycles. The third-order valence-electron chi connectivity index (χ3n) is 4.59. The summed E-state index contributed by atoms with van der Waals surface area (Å²) in [4.78, 5) is 16.3. The molecule has 1 saturated heterocycles. The molecule has 0 bridgehead atoms. The Morgan fingerprint density at radius 1 is 1.32 bits per heavy atom. The van der Waals surface area contributed by atoms with Crippen LogP contribution in [0.4, 0.5) is 5.69 Å². The standard InChI is InChI=1S/C17H25N3O2/c1-3-20-15-11-14(4-5-16(15)22-12-17(20)21)10-13(2)19-8-6-18-7-9-19/h4-5,11,13,18H,3,6-10,12H2,1-2H3. The maximum Gasteiger partial charge on any atom is 0.265 e. The number of nitrogens with zero attached hydrogens (tertiary/aromatic N) is 2. The van der Waals surface area contributed by atoms with Gasteiger partial charge in [-0.1, -0.05) is 6.07 Å². The summed E-state index contributed by atoms with van der Waals surface area (Å²) in [5.74, 6) is 0.863. The summed E-state index contributed by atoms with van der Waals surface area (Å²) in [6.45, 7) is 9.47. The first-order valence-electron chi connectivity index (χ1n) is 8.20. The first kappa shape index (κ1) is 15.3. The lowest BCUT2D eigenvalue weighted by Crippen LogP contribution is -2.48. The van der Waals surface area contributed by atoms with E-state index in [2.05, 4.69) is 29.3 Å². The normalized spacial score (nSPS) is 20.5. The number of rotatable bonds is 4. The molecule has 1 atom stereocenters. The maximum absolute atomic E-state index is 12.0. The summed E-state index contributed by atoms with van der Waals surface area (Å²) in [6, 6.07) is 6.76. The Morgan fingerprint density at radius 2 is 2.09 bits per heavy atom. The minimum atomic E-state index is 0.0438. The topological polar surface area (TPSA) is 44.8 Å². The molecule has 0 aliphatic carbocycles. The molecule has 1 aromatic rings. The van der Waals surface area contributed by atoms with E-state index < -0.39 is 0 Å². The van der Waals surface area contributed by atoms with Gasteiger partial charge in [-0.3, -0.25) is 9.69 Å². The smallest absolute Gasteiger partial charge is 0.265 e. The molecule has 0 aromatic heterocycles. The van der Waals surface area contributed by atoms with Crippen molar-refractivity contribution < 1.29 is 9.53 Å². The fraction of sp³-hybridized carbons (Fsp3) is 0.588. The highest BCUT2D eigenvalue weighted by molar-refractivity contribution is 5.97. The van der Waals surface area contributed by atoms with Crippen molar-refractivity contribution in [2.45, 2.75) is 26.3 Å². The number of amides is 1. The molecule has 5 nitrogen and oxygen atoms in total. The second-order valence-electron chi connectivity index (χ2n) is 6.07. The van der Waals surface area contributed by atoms with Gasteiger partial charge in [-0.2, -0.15) is 0 Å². The highest BCUT2D eigenvalue weighted by atomic mass is 16.5. The summed E-state index contributed by atoms with van der Waals surface area (Å²) in [5.41, 5.74) is 2.19. The van der Waals surface area contributed by atoms with E-state index in [1.54, 1.807) is 0 Å². The summed E-state index contributed by atoms with van der Waals surface area (Å²) in [7, 11) is 0. The number of hydrogen-bond donors (Lipinski definition) is 1.